The number of benzene rings is 2. The largest absolute Gasteiger partial charge is 0.508 e. The summed E-state index contributed by atoms with van der Waals surface area (Å²) in [5, 5.41) is 9.41. The molecule has 3 rings (SSSR count). The molecule has 9 heteroatoms. The SMILES string of the molecule is COc1ccc(S(=O)(=O)N2CCN(C(=O)CCOc3cccc(O)c3)CC2)cc1. The number of hydrogen-bond donors (Lipinski definition) is 1. The maximum absolute atomic E-state index is 12.8. The summed E-state index contributed by atoms with van der Waals surface area (Å²) >= 11 is 0. The number of phenolic OH excluding ortho intramolecular Hbond substituents is 1. The average molecular weight is 420 g/mol. The Morgan fingerprint density at radius 2 is 1.72 bits per heavy atom. The zero-order valence-electron chi connectivity index (χ0n) is 16.2. The number of amides is 1. The van der Waals surface area contributed by atoms with Crippen LogP contribution in [0, 0.1) is 0 Å². The van der Waals surface area contributed by atoms with E-state index in [0.717, 1.165) is 0 Å². The number of methoxy groups -OCH3 is 1. The highest BCUT2D eigenvalue weighted by Crippen LogP contribution is 2.21. The highest BCUT2D eigenvalue weighted by molar-refractivity contribution is 7.89. The summed E-state index contributed by atoms with van der Waals surface area (Å²) < 4.78 is 37.4. The molecule has 8 nitrogen and oxygen atoms in total. The number of piperazine rings is 1. The van der Waals surface area contributed by atoms with E-state index in [0.29, 0.717) is 24.6 Å². The van der Waals surface area contributed by atoms with Gasteiger partial charge in [-0.25, -0.2) is 8.42 Å². The van der Waals surface area contributed by atoms with Crippen molar-refractivity contribution in [2.45, 2.75) is 11.3 Å². The Labute approximate surface area is 170 Å². The molecule has 1 N–H and O–H groups in total. The van der Waals surface area contributed by atoms with E-state index in [2.05, 4.69) is 0 Å². The van der Waals surface area contributed by atoms with Gasteiger partial charge in [-0.3, -0.25) is 4.79 Å². The van der Waals surface area contributed by atoms with Crippen molar-refractivity contribution >= 4 is 15.9 Å². The first kappa shape index (κ1) is 20.9. The first-order valence-electron chi connectivity index (χ1n) is 9.24. The van der Waals surface area contributed by atoms with Gasteiger partial charge in [-0.2, -0.15) is 4.31 Å². The fourth-order valence-corrected chi connectivity index (χ4v) is 4.48. The molecule has 156 valence electrons. The molecular weight excluding hydrogens is 396 g/mol. The lowest BCUT2D eigenvalue weighted by Gasteiger charge is -2.34. The van der Waals surface area contributed by atoms with E-state index in [1.54, 1.807) is 29.2 Å². The minimum absolute atomic E-state index is 0.0911. The topological polar surface area (TPSA) is 96.4 Å². The molecule has 1 heterocycles. The number of hydrogen-bond acceptors (Lipinski definition) is 6. The Hall–Kier alpha value is -2.78. The van der Waals surface area contributed by atoms with Crippen LogP contribution in [-0.4, -0.2) is 68.5 Å². The van der Waals surface area contributed by atoms with Crippen LogP contribution in [-0.2, 0) is 14.8 Å². The molecule has 0 spiro atoms. The molecule has 2 aromatic rings. The standard InChI is InChI=1S/C20H24N2O6S/c1-27-17-5-7-19(8-6-17)29(25,26)22-12-10-21(11-13-22)20(24)9-14-28-18-4-2-3-16(23)15-18/h2-8,15,23H,9-14H2,1H3. The van der Waals surface area contributed by atoms with Gasteiger partial charge in [-0.1, -0.05) is 6.07 Å². The van der Waals surface area contributed by atoms with E-state index in [-0.39, 0.29) is 42.7 Å². The van der Waals surface area contributed by atoms with Gasteiger partial charge in [0.1, 0.15) is 17.2 Å². The molecule has 0 unspecified atom stereocenters. The van der Waals surface area contributed by atoms with E-state index in [1.807, 2.05) is 0 Å². The normalized spacial score (nSPS) is 15.1. The summed E-state index contributed by atoms with van der Waals surface area (Å²) in [6.07, 6.45) is 0.181. The van der Waals surface area contributed by atoms with Crippen molar-refractivity contribution in [2.24, 2.45) is 0 Å². The molecule has 0 aromatic heterocycles. The molecule has 1 saturated heterocycles. The quantitative estimate of drug-likeness (QED) is 0.733. The smallest absolute Gasteiger partial charge is 0.243 e. The lowest BCUT2D eigenvalue weighted by Crippen LogP contribution is -2.50. The number of sulfonamides is 1. The van der Waals surface area contributed by atoms with Crippen LogP contribution in [0.15, 0.2) is 53.4 Å². The van der Waals surface area contributed by atoms with Crippen molar-refractivity contribution in [1.82, 2.24) is 9.21 Å². The van der Waals surface area contributed by atoms with Gasteiger partial charge in [0.05, 0.1) is 25.0 Å². The van der Waals surface area contributed by atoms with Gasteiger partial charge in [0.25, 0.3) is 0 Å². The minimum Gasteiger partial charge on any atom is -0.508 e. The predicted molar refractivity (Wildman–Crippen MR) is 107 cm³/mol. The average Bonchev–Trinajstić information content (AvgIpc) is 2.74. The minimum atomic E-state index is -3.60. The fraction of sp³-hybridized carbons (Fsp3) is 0.350. The Bertz CT molecular complexity index is 938. The zero-order valence-corrected chi connectivity index (χ0v) is 17.0. The zero-order chi connectivity index (χ0) is 20.9. The predicted octanol–water partition coefficient (Wildman–Crippen LogP) is 1.70. The number of rotatable bonds is 7. The maximum atomic E-state index is 12.8. The molecule has 0 radical (unpaired) electrons. The molecule has 1 aliphatic heterocycles. The second-order valence-corrected chi connectivity index (χ2v) is 8.49. The van der Waals surface area contributed by atoms with Gasteiger partial charge in [0.2, 0.25) is 15.9 Å². The van der Waals surface area contributed by atoms with Gasteiger partial charge in [-0.05, 0) is 36.4 Å². The molecule has 29 heavy (non-hydrogen) atoms. The first-order valence-corrected chi connectivity index (χ1v) is 10.7. The summed E-state index contributed by atoms with van der Waals surface area (Å²) in [5.74, 6) is 1.09. The number of carbonyl (C=O) groups excluding carboxylic acids is 1. The van der Waals surface area contributed by atoms with Crippen LogP contribution in [0.5, 0.6) is 17.2 Å². The van der Waals surface area contributed by atoms with Crippen molar-refractivity contribution in [2.75, 3.05) is 39.9 Å². The third-order valence-electron chi connectivity index (χ3n) is 4.69. The van der Waals surface area contributed by atoms with Crippen LogP contribution in [0.1, 0.15) is 6.42 Å². The molecule has 0 atom stereocenters. The maximum Gasteiger partial charge on any atom is 0.243 e. The molecule has 1 aliphatic rings. The summed E-state index contributed by atoms with van der Waals surface area (Å²) in [6.45, 7) is 1.34. The van der Waals surface area contributed by atoms with Crippen molar-refractivity contribution in [3.05, 3.63) is 48.5 Å². The Morgan fingerprint density at radius 3 is 2.34 bits per heavy atom. The molecule has 0 aliphatic carbocycles. The molecule has 0 bridgehead atoms. The van der Waals surface area contributed by atoms with Crippen molar-refractivity contribution < 1.29 is 27.8 Å². The second-order valence-electron chi connectivity index (χ2n) is 6.56. The van der Waals surface area contributed by atoms with Crippen molar-refractivity contribution in [3.63, 3.8) is 0 Å². The molecule has 1 amide bonds. The number of aromatic hydroxyl groups is 1. The lowest BCUT2D eigenvalue weighted by molar-refractivity contribution is -0.132. The van der Waals surface area contributed by atoms with Crippen LogP contribution in [0.25, 0.3) is 0 Å². The third-order valence-corrected chi connectivity index (χ3v) is 6.60. The summed E-state index contributed by atoms with van der Waals surface area (Å²) in [5.41, 5.74) is 0. The van der Waals surface area contributed by atoms with Crippen LogP contribution in [0.4, 0.5) is 0 Å². The van der Waals surface area contributed by atoms with Gasteiger partial charge in [0.15, 0.2) is 0 Å². The van der Waals surface area contributed by atoms with Crippen LogP contribution in [0.3, 0.4) is 0 Å². The van der Waals surface area contributed by atoms with Gasteiger partial charge >= 0.3 is 0 Å². The highest BCUT2D eigenvalue weighted by atomic mass is 32.2. The van der Waals surface area contributed by atoms with Gasteiger partial charge < -0.3 is 19.5 Å². The van der Waals surface area contributed by atoms with Crippen LogP contribution >= 0.6 is 0 Å². The van der Waals surface area contributed by atoms with E-state index in [4.69, 9.17) is 9.47 Å². The van der Waals surface area contributed by atoms with Crippen molar-refractivity contribution in [1.29, 1.82) is 0 Å². The van der Waals surface area contributed by atoms with Gasteiger partial charge in [-0.15, -0.1) is 0 Å². The summed E-state index contributed by atoms with van der Waals surface area (Å²) in [4.78, 5) is 14.2. The van der Waals surface area contributed by atoms with E-state index in [1.165, 1.54) is 35.7 Å². The highest BCUT2D eigenvalue weighted by Gasteiger charge is 2.30. The fourth-order valence-electron chi connectivity index (χ4n) is 3.06. The van der Waals surface area contributed by atoms with E-state index < -0.39 is 10.0 Å². The molecular formula is C20H24N2O6S. The van der Waals surface area contributed by atoms with Crippen LogP contribution < -0.4 is 9.47 Å². The molecule has 1 fully saturated rings. The number of nitrogens with zero attached hydrogens (tertiary/aromatic N) is 2. The monoisotopic (exact) mass is 420 g/mol. The molecule has 0 saturated carbocycles. The number of phenols is 1. The van der Waals surface area contributed by atoms with E-state index >= 15 is 0 Å². The third kappa shape index (κ3) is 5.18. The lowest BCUT2D eigenvalue weighted by atomic mass is 10.3. The summed E-state index contributed by atoms with van der Waals surface area (Å²) in [7, 11) is -2.08. The number of carbonyl (C=O) groups is 1. The van der Waals surface area contributed by atoms with Gasteiger partial charge in [0, 0.05) is 32.2 Å². The number of ether oxygens (including phenoxy) is 2. The Balaban J connectivity index is 1.49. The first-order chi connectivity index (χ1) is 13.9. The Morgan fingerprint density at radius 1 is 1.03 bits per heavy atom. The van der Waals surface area contributed by atoms with E-state index in [9.17, 15) is 18.3 Å². The van der Waals surface area contributed by atoms with Crippen LogP contribution in [0.2, 0.25) is 0 Å². The second kappa shape index (κ2) is 9.15. The van der Waals surface area contributed by atoms with Crippen molar-refractivity contribution in [3.8, 4) is 17.2 Å². The Kier molecular flexibility index (Phi) is 6.60. The summed E-state index contributed by atoms with van der Waals surface area (Å²) in [6, 6.07) is 12.6. The molecule has 2 aromatic carbocycles.